The number of rotatable bonds is 5. The van der Waals surface area contributed by atoms with Crippen LogP contribution in [0, 0.1) is 0 Å². The van der Waals surface area contributed by atoms with Crippen molar-refractivity contribution in [3.8, 4) is 0 Å². The SMILES string of the molecule is CC1=CC(C)(NC2([SiH](c3ccccc3)c3ccccc3)CCCCCCCCCC2)C(C)=C1C. The molecule has 1 unspecified atom stereocenters. The van der Waals surface area contributed by atoms with Gasteiger partial charge in [0, 0.05) is 5.16 Å². The Morgan fingerprint density at radius 3 is 1.50 bits per heavy atom. The van der Waals surface area contributed by atoms with Gasteiger partial charge in [0.25, 0.3) is 0 Å². The zero-order chi connectivity index (χ0) is 24.0. The van der Waals surface area contributed by atoms with Gasteiger partial charge in [0.05, 0.1) is 5.54 Å². The van der Waals surface area contributed by atoms with Gasteiger partial charge < -0.3 is 5.32 Å². The Morgan fingerprint density at radius 2 is 1.09 bits per heavy atom. The fourth-order valence-electron chi connectivity index (χ4n) is 6.66. The summed E-state index contributed by atoms with van der Waals surface area (Å²) in [4.78, 5) is 0. The molecule has 1 fully saturated rings. The summed E-state index contributed by atoms with van der Waals surface area (Å²) >= 11 is 0. The Morgan fingerprint density at radius 1 is 0.647 bits per heavy atom. The average Bonchev–Trinajstić information content (AvgIpc) is 3.01. The van der Waals surface area contributed by atoms with Gasteiger partial charge in [0.15, 0.2) is 0 Å². The van der Waals surface area contributed by atoms with E-state index in [1.54, 1.807) is 10.4 Å². The predicted octanol–water partition coefficient (Wildman–Crippen LogP) is 6.87. The lowest BCUT2D eigenvalue weighted by Crippen LogP contribution is -2.71. The summed E-state index contributed by atoms with van der Waals surface area (Å²) in [7, 11) is -1.60. The fourth-order valence-corrected chi connectivity index (χ4v) is 11.0. The summed E-state index contributed by atoms with van der Waals surface area (Å²) in [5.41, 5.74) is 4.35. The largest absolute Gasteiger partial charge is 0.301 e. The molecule has 1 saturated carbocycles. The van der Waals surface area contributed by atoms with E-state index in [1.165, 1.54) is 80.9 Å². The second-order valence-corrected chi connectivity index (χ2v) is 14.4. The third kappa shape index (κ3) is 5.49. The predicted molar refractivity (Wildman–Crippen MR) is 152 cm³/mol. The molecule has 2 aliphatic rings. The van der Waals surface area contributed by atoms with E-state index in [-0.39, 0.29) is 10.7 Å². The summed E-state index contributed by atoms with van der Waals surface area (Å²) in [5, 5.41) is 7.78. The maximum absolute atomic E-state index is 4.48. The van der Waals surface area contributed by atoms with E-state index >= 15 is 0 Å². The molecular formula is C32H45NSi. The quantitative estimate of drug-likeness (QED) is 0.469. The van der Waals surface area contributed by atoms with Crippen molar-refractivity contribution >= 4 is 19.2 Å². The molecule has 0 spiro atoms. The molecule has 0 bridgehead atoms. The molecule has 0 amide bonds. The van der Waals surface area contributed by atoms with E-state index in [0.29, 0.717) is 0 Å². The topological polar surface area (TPSA) is 12.0 Å². The van der Waals surface area contributed by atoms with Gasteiger partial charge in [-0.1, -0.05) is 134 Å². The lowest BCUT2D eigenvalue weighted by Gasteiger charge is -2.47. The molecule has 1 nitrogen and oxygen atoms in total. The first-order valence-corrected chi connectivity index (χ1v) is 15.5. The van der Waals surface area contributed by atoms with Crippen LogP contribution in [-0.2, 0) is 0 Å². The number of allylic oxidation sites excluding steroid dienone is 2. The fraction of sp³-hybridized carbons (Fsp3) is 0.500. The monoisotopic (exact) mass is 471 g/mol. The molecule has 0 saturated heterocycles. The minimum absolute atomic E-state index is 0.0663. The van der Waals surface area contributed by atoms with Crippen molar-refractivity contribution in [2.24, 2.45) is 0 Å². The van der Waals surface area contributed by atoms with Gasteiger partial charge >= 0.3 is 0 Å². The highest BCUT2D eigenvalue weighted by Gasteiger charge is 2.46. The van der Waals surface area contributed by atoms with Crippen molar-refractivity contribution in [3.05, 3.63) is 83.5 Å². The highest BCUT2D eigenvalue weighted by Crippen LogP contribution is 2.38. The van der Waals surface area contributed by atoms with Crippen molar-refractivity contribution in [2.45, 2.75) is 103 Å². The number of hydrogen-bond donors (Lipinski definition) is 1. The van der Waals surface area contributed by atoms with Crippen molar-refractivity contribution in [2.75, 3.05) is 0 Å². The van der Waals surface area contributed by atoms with Crippen LogP contribution in [-0.4, -0.2) is 19.5 Å². The molecule has 2 aromatic carbocycles. The van der Waals surface area contributed by atoms with Crippen LogP contribution < -0.4 is 15.7 Å². The number of nitrogens with one attached hydrogen (secondary N) is 1. The Balaban J connectivity index is 1.85. The smallest absolute Gasteiger partial charge is 0.124 e. The second-order valence-electron chi connectivity index (χ2n) is 11.1. The van der Waals surface area contributed by atoms with Crippen LogP contribution >= 0.6 is 0 Å². The molecule has 2 aromatic rings. The van der Waals surface area contributed by atoms with E-state index in [1.807, 2.05) is 0 Å². The second kappa shape index (κ2) is 11.2. The maximum Gasteiger partial charge on any atom is 0.124 e. The van der Waals surface area contributed by atoms with E-state index < -0.39 is 8.80 Å². The van der Waals surface area contributed by atoms with Crippen LogP contribution in [0.2, 0.25) is 0 Å². The van der Waals surface area contributed by atoms with Crippen molar-refractivity contribution in [3.63, 3.8) is 0 Å². The van der Waals surface area contributed by atoms with Gasteiger partial charge in [0.1, 0.15) is 8.80 Å². The maximum atomic E-state index is 4.48. The minimum atomic E-state index is -1.60. The summed E-state index contributed by atoms with van der Waals surface area (Å²) in [6.07, 6.45) is 16.1. The first kappa shape index (κ1) is 25.2. The average molecular weight is 472 g/mol. The third-order valence-electron chi connectivity index (χ3n) is 8.76. The standard InChI is InChI=1S/C32H45NSi/c1-26-25-31(4,28(3)27(26)2)33-32(23-17-9-7-5-6-8-10-18-24-32)34(29-19-13-11-14-20-29)30-21-15-12-16-22-30/h11-16,19-22,25,33-34H,5-10,17-18,23-24H2,1-4H3. The van der Waals surface area contributed by atoms with Crippen LogP contribution in [0.5, 0.6) is 0 Å². The van der Waals surface area contributed by atoms with Gasteiger partial charge in [-0.25, -0.2) is 0 Å². The Bertz CT molecular complexity index is 939. The summed E-state index contributed by atoms with van der Waals surface area (Å²) in [6, 6.07) is 23.1. The Hall–Kier alpha value is -1.90. The van der Waals surface area contributed by atoms with Crippen LogP contribution in [0.3, 0.4) is 0 Å². The van der Waals surface area contributed by atoms with Gasteiger partial charge in [-0.15, -0.1) is 0 Å². The van der Waals surface area contributed by atoms with Crippen molar-refractivity contribution in [1.29, 1.82) is 0 Å². The van der Waals surface area contributed by atoms with Gasteiger partial charge in [-0.05, 0) is 51.7 Å². The highest BCUT2D eigenvalue weighted by atomic mass is 28.3. The van der Waals surface area contributed by atoms with Crippen molar-refractivity contribution in [1.82, 2.24) is 5.32 Å². The Labute approximate surface area is 210 Å². The van der Waals surface area contributed by atoms with Crippen LogP contribution in [0.1, 0.15) is 91.9 Å². The van der Waals surface area contributed by atoms with E-state index in [0.717, 1.165) is 0 Å². The molecular weight excluding hydrogens is 426 g/mol. The molecule has 4 rings (SSSR count). The van der Waals surface area contributed by atoms with Crippen LogP contribution in [0.15, 0.2) is 83.5 Å². The molecule has 34 heavy (non-hydrogen) atoms. The highest BCUT2D eigenvalue weighted by molar-refractivity contribution is 6.87. The lowest BCUT2D eigenvalue weighted by atomic mass is 9.91. The van der Waals surface area contributed by atoms with Crippen molar-refractivity contribution < 1.29 is 0 Å². The normalized spacial score (nSPS) is 24.1. The number of hydrogen-bond acceptors (Lipinski definition) is 1. The van der Waals surface area contributed by atoms with Crippen LogP contribution in [0.4, 0.5) is 0 Å². The van der Waals surface area contributed by atoms with Gasteiger partial charge in [-0.3, -0.25) is 0 Å². The molecule has 182 valence electrons. The Kier molecular flexibility index (Phi) is 8.32. The van der Waals surface area contributed by atoms with Crippen LogP contribution in [0.25, 0.3) is 0 Å². The summed E-state index contributed by atoms with van der Waals surface area (Å²) < 4.78 is 0. The van der Waals surface area contributed by atoms with E-state index in [9.17, 15) is 0 Å². The molecule has 0 aromatic heterocycles. The number of benzene rings is 2. The molecule has 1 atom stereocenters. The molecule has 1 N–H and O–H groups in total. The molecule has 0 heterocycles. The van der Waals surface area contributed by atoms with Gasteiger partial charge in [-0.2, -0.15) is 0 Å². The van der Waals surface area contributed by atoms with E-state index in [4.69, 9.17) is 0 Å². The first-order chi connectivity index (χ1) is 16.5. The minimum Gasteiger partial charge on any atom is -0.301 e. The first-order valence-electron chi connectivity index (χ1n) is 13.7. The zero-order valence-electron chi connectivity index (χ0n) is 22.0. The van der Waals surface area contributed by atoms with Gasteiger partial charge in [0.2, 0.25) is 0 Å². The lowest BCUT2D eigenvalue weighted by molar-refractivity contribution is 0.311. The molecule has 2 heteroatoms. The van der Waals surface area contributed by atoms with E-state index in [2.05, 4.69) is 99.8 Å². The zero-order valence-corrected chi connectivity index (χ0v) is 23.2. The summed E-state index contributed by atoms with van der Waals surface area (Å²) in [5.74, 6) is 0. The third-order valence-corrected chi connectivity index (χ3v) is 12.7. The summed E-state index contributed by atoms with van der Waals surface area (Å²) in [6.45, 7) is 9.40. The molecule has 0 radical (unpaired) electrons. The molecule has 2 aliphatic carbocycles. The molecule has 0 aliphatic heterocycles.